The maximum Gasteiger partial charge on any atom is 0.225 e. The molecule has 4 heteroatoms. The summed E-state index contributed by atoms with van der Waals surface area (Å²) in [6.45, 7) is 10.4. The fourth-order valence-electron chi connectivity index (χ4n) is 2.24. The van der Waals surface area contributed by atoms with Crippen LogP contribution in [0.25, 0.3) is 5.69 Å². The van der Waals surface area contributed by atoms with Crippen LogP contribution in [-0.2, 0) is 17.8 Å². The maximum atomic E-state index is 11.9. The molecule has 0 unspecified atom stereocenters. The lowest BCUT2D eigenvalue weighted by molar-refractivity contribution is -0.128. The molecule has 0 aliphatic rings. The highest BCUT2D eigenvalue weighted by atomic mass is 16.2. The Labute approximate surface area is 132 Å². The van der Waals surface area contributed by atoms with Crippen LogP contribution >= 0.6 is 0 Å². The van der Waals surface area contributed by atoms with Crippen LogP contribution in [0, 0.1) is 12.3 Å². The second kappa shape index (κ2) is 6.34. The van der Waals surface area contributed by atoms with Crippen molar-refractivity contribution in [2.24, 2.45) is 5.41 Å². The van der Waals surface area contributed by atoms with Crippen LogP contribution in [0.15, 0.2) is 30.5 Å². The molecule has 1 N–H and O–H groups in total. The lowest BCUT2D eigenvalue weighted by Crippen LogP contribution is -2.34. The van der Waals surface area contributed by atoms with Gasteiger partial charge in [-0.1, -0.05) is 39.8 Å². The van der Waals surface area contributed by atoms with Crippen LogP contribution in [0.2, 0.25) is 0 Å². The van der Waals surface area contributed by atoms with Gasteiger partial charge in [0.2, 0.25) is 5.91 Å². The Bertz CT molecular complexity index is 648. The monoisotopic (exact) mass is 299 g/mol. The van der Waals surface area contributed by atoms with Gasteiger partial charge in [-0.25, -0.2) is 4.98 Å². The number of imidazole rings is 1. The normalized spacial score (nSPS) is 11.5. The number of carbonyl (C=O) groups excluding carboxylic acids is 1. The standard InChI is InChI=1S/C18H25N3O/c1-6-16-20-13(2)12-21(16)15-9-7-14(8-10-15)11-19-17(22)18(3,4)5/h7-10,12H,6,11H2,1-5H3,(H,19,22). The van der Waals surface area contributed by atoms with Crippen molar-refractivity contribution in [2.45, 2.75) is 47.6 Å². The van der Waals surface area contributed by atoms with E-state index in [1.165, 1.54) is 0 Å². The number of aromatic nitrogens is 2. The highest BCUT2D eigenvalue weighted by Crippen LogP contribution is 2.16. The van der Waals surface area contributed by atoms with E-state index in [9.17, 15) is 4.79 Å². The van der Waals surface area contributed by atoms with E-state index < -0.39 is 0 Å². The number of hydrogen-bond acceptors (Lipinski definition) is 2. The van der Waals surface area contributed by atoms with Crippen LogP contribution in [0.5, 0.6) is 0 Å². The molecule has 2 rings (SSSR count). The van der Waals surface area contributed by atoms with Gasteiger partial charge in [0.15, 0.2) is 0 Å². The lowest BCUT2D eigenvalue weighted by atomic mass is 9.95. The number of nitrogens with zero attached hydrogens (tertiary/aromatic N) is 2. The van der Waals surface area contributed by atoms with Gasteiger partial charge >= 0.3 is 0 Å². The van der Waals surface area contributed by atoms with E-state index in [2.05, 4.69) is 40.1 Å². The molecule has 0 radical (unpaired) electrons. The molecule has 1 heterocycles. The molecule has 22 heavy (non-hydrogen) atoms. The highest BCUT2D eigenvalue weighted by molar-refractivity contribution is 5.81. The molecule has 0 aliphatic carbocycles. The van der Waals surface area contributed by atoms with Crippen molar-refractivity contribution in [2.75, 3.05) is 0 Å². The van der Waals surface area contributed by atoms with Crippen molar-refractivity contribution in [3.05, 3.63) is 47.5 Å². The Morgan fingerprint density at radius 1 is 1.23 bits per heavy atom. The molecule has 0 aliphatic heterocycles. The molecule has 0 fully saturated rings. The zero-order chi connectivity index (χ0) is 16.3. The van der Waals surface area contributed by atoms with Gasteiger partial charge < -0.3 is 9.88 Å². The highest BCUT2D eigenvalue weighted by Gasteiger charge is 2.20. The zero-order valence-electron chi connectivity index (χ0n) is 14.1. The van der Waals surface area contributed by atoms with Crippen LogP contribution in [-0.4, -0.2) is 15.5 Å². The second-order valence-corrected chi connectivity index (χ2v) is 6.62. The van der Waals surface area contributed by atoms with Gasteiger partial charge in [-0.05, 0) is 24.6 Å². The number of hydrogen-bond donors (Lipinski definition) is 1. The van der Waals surface area contributed by atoms with Crippen LogP contribution < -0.4 is 5.32 Å². The number of aryl methyl sites for hydroxylation is 2. The molecular weight excluding hydrogens is 274 g/mol. The first-order valence-electron chi connectivity index (χ1n) is 7.73. The Morgan fingerprint density at radius 3 is 2.41 bits per heavy atom. The Balaban J connectivity index is 2.09. The summed E-state index contributed by atoms with van der Waals surface area (Å²) in [6, 6.07) is 8.23. The van der Waals surface area contributed by atoms with Crippen molar-refractivity contribution in [3.63, 3.8) is 0 Å². The topological polar surface area (TPSA) is 46.9 Å². The van der Waals surface area contributed by atoms with E-state index in [1.807, 2.05) is 39.8 Å². The van der Waals surface area contributed by atoms with E-state index >= 15 is 0 Å². The van der Waals surface area contributed by atoms with E-state index in [0.29, 0.717) is 6.54 Å². The first-order chi connectivity index (χ1) is 10.3. The van der Waals surface area contributed by atoms with E-state index in [0.717, 1.165) is 29.2 Å². The first-order valence-corrected chi connectivity index (χ1v) is 7.73. The van der Waals surface area contributed by atoms with Crippen molar-refractivity contribution in [1.82, 2.24) is 14.9 Å². The van der Waals surface area contributed by atoms with Gasteiger partial charge in [-0.2, -0.15) is 0 Å². The molecule has 1 amide bonds. The SMILES string of the molecule is CCc1nc(C)cn1-c1ccc(CNC(=O)C(C)(C)C)cc1. The minimum Gasteiger partial charge on any atom is -0.352 e. The average molecular weight is 299 g/mol. The van der Waals surface area contributed by atoms with Crippen molar-refractivity contribution in [1.29, 1.82) is 0 Å². The maximum absolute atomic E-state index is 11.9. The average Bonchev–Trinajstić information content (AvgIpc) is 2.85. The van der Waals surface area contributed by atoms with Gasteiger partial charge in [0.05, 0.1) is 5.69 Å². The summed E-state index contributed by atoms with van der Waals surface area (Å²) in [7, 11) is 0. The molecule has 1 aromatic heterocycles. The molecule has 0 atom stereocenters. The summed E-state index contributed by atoms with van der Waals surface area (Å²) in [5, 5.41) is 2.97. The van der Waals surface area contributed by atoms with Gasteiger partial charge in [-0.15, -0.1) is 0 Å². The predicted molar refractivity (Wildman–Crippen MR) is 89.0 cm³/mol. The summed E-state index contributed by atoms with van der Waals surface area (Å²) in [4.78, 5) is 16.4. The fraction of sp³-hybridized carbons (Fsp3) is 0.444. The van der Waals surface area contributed by atoms with Crippen LogP contribution in [0.1, 0.15) is 44.8 Å². The van der Waals surface area contributed by atoms with Gasteiger partial charge in [0, 0.05) is 30.3 Å². The molecule has 0 bridgehead atoms. The van der Waals surface area contributed by atoms with E-state index in [-0.39, 0.29) is 11.3 Å². The summed E-state index contributed by atoms with van der Waals surface area (Å²) in [5.41, 5.74) is 2.86. The number of benzene rings is 1. The van der Waals surface area contributed by atoms with Crippen LogP contribution in [0.4, 0.5) is 0 Å². The third kappa shape index (κ3) is 3.75. The minimum atomic E-state index is -0.357. The van der Waals surface area contributed by atoms with Gasteiger partial charge in [-0.3, -0.25) is 4.79 Å². The number of amides is 1. The quantitative estimate of drug-likeness (QED) is 0.940. The molecular formula is C18H25N3O. The molecule has 2 aromatic rings. The first kappa shape index (κ1) is 16.3. The minimum absolute atomic E-state index is 0.0649. The zero-order valence-corrected chi connectivity index (χ0v) is 14.1. The van der Waals surface area contributed by atoms with Crippen molar-refractivity contribution >= 4 is 5.91 Å². The third-order valence-corrected chi connectivity index (χ3v) is 3.56. The van der Waals surface area contributed by atoms with E-state index in [4.69, 9.17) is 0 Å². The predicted octanol–water partition coefficient (Wildman–Crippen LogP) is 3.41. The van der Waals surface area contributed by atoms with E-state index in [1.54, 1.807) is 0 Å². The summed E-state index contributed by atoms with van der Waals surface area (Å²) < 4.78 is 2.12. The van der Waals surface area contributed by atoms with Gasteiger partial charge in [0.25, 0.3) is 0 Å². The molecule has 1 aromatic carbocycles. The smallest absolute Gasteiger partial charge is 0.225 e. The summed E-state index contributed by atoms with van der Waals surface area (Å²) in [6.07, 6.45) is 2.95. The summed E-state index contributed by atoms with van der Waals surface area (Å²) >= 11 is 0. The number of rotatable bonds is 4. The van der Waals surface area contributed by atoms with Gasteiger partial charge in [0.1, 0.15) is 5.82 Å². The molecule has 0 saturated carbocycles. The number of nitrogens with one attached hydrogen (secondary N) is 1. The summed E-state index contributed by atoms with van der Waals surface area (Å²) in [5.74, 6) is 1.13. The molecule has 4 nitrogen and oxygen atoms in total. The number of carbonyl (C=O) groups is 1. The second-order valence-electron chi connectivity index (χ2n) is 6.62. The van der Waals surface area contributed by atoms with Crippen molar-refractivity contribution < 1.29 is 4.79 Å². The molecule has 0 spiro atoms. The van der Waals surface area contributed by atoms with Crippen molar-refractivity contribution in [3.8, 4) is 5.69 Å². The third-order valence-electron chi connectivity index (χ3n) is 3.56. The molecule has 0 saturated heterocycles. The van der Waals surface area contributed by atoms with Crippen LogP contribution in [0.3, 0.4) is 0 Å². The lowest BCUT2D eigenvalue weighted by Gasteiger charge is -2.17. The fourth-order valence-corrected chi connectivity index (χ4v) is 2.24. The largest absolute Gasteiger partial charge is 0.352 e. The Hall–Kier alpha value is -2.10. The Kier molecular flexibility index (Phi) is 4.69. The molecule has 118 valence electrons. The Morgan fingerprint density at radius 2 is 1.86 bits per heavy atom.